The lowest BCUT2D eigenvalue weighted by atomic mass is 10.1. The highest BCUT2D eigenvalue weighted by atomic mass is 32.1. The average Bonchev–Trinajstić information content (AvgIpc) is 2.81. The van der Waals surface area contributed by atoms with Crippen LogP contribution in [-0.4, -0.2) is 42.5 Å². The van der Waals surface area contributed by atoms with Crippen LogP contribution in [0.4, 0.5) is 0 Å². The van der Waals surface area contributed by atoms with Crippen molar-refractivity contribution in [3.05, 3.63) is 34.7 Å². The molecule has 1 aromatic heterocycles. The molecule has 4 heteroatoms. The van der Waals surface area contributed by atoms with Gasteiger partial charge in [-0.25, -0.2) is 0 Å². The lowest BCUT2D eigenvalue weighted by molar-refractivity contribution is 0.100. The van der Waals surface area contributed by atoms with Gasteiger partial charge in [-0.2, -0.15) is 0 Å². The fourth-order valence-electron chi connectivity index (χ4n) is 2.98. The quantitative estimate of drug-likeness (QED) is 0.942. The van der Waals surface area contributed by atoms with Gasteiger partial charge in [0.05, 0.1) is 0 Å². The Morgan fingerprint density at radius 2 is 2.10 bits per heavy atom. The van der Waals surface area contributed by atoms with Crippen molar-refractivity contribution >= 4 is 21.4 Å². The number of fused-ring (bicyclic) bond motifs is 1. The van der Waals surface area contributed by atoms with Gasteiger partial charge in [-0.05, 0) is 31.0 Å². The highest BCUT2D eigenvalue weighted by Crippen LogP contribution is 2.32. The summed E-state index contributed by atoms with van der Waals surface area (Å²) < 4.78 is 1.37. The second-order valence-electron chi connectivity index (χ2n) is 5.77. The van der Waals surface area contributed by atoms with Crippen LogP contribution in [0, 0.1) is 0 Å². The van der Waals surface area contributed by atoms with Crippen LogP contribution in [0.5, 0.6) is 0 Å². The number of piperazine rings is 1. The van der Waals surface area contributed by atoms with Crippen molar-refractivity contribution in [2.45, 2.75) is 26.1 Å². The van der Waals surface area contributed by atoms with Crippen molar-refractivity contribution in [3.63, 3.8) is 0 Å². The molecule has 0 amide bonds. The molecule has 1 fully saturated rings. The Hall–Kier alpha value is -0.940. The van der Waals surface area contributed by atoms with Gasteiger partial charge in [0.15, 0.2) is 0 Å². The van der Waals surface area contributed by atoms with E-state index < -0.39 is 0 Å². The Balaban J connectivity index is 1.86. The van der Waals surface area contributed by atoms with Gasteiger partial charge in [0.2, 0.25) is 0 Å². The summed E-state index contributed by atoms with van der Waals surface area (Å²) in [7, 11) is 2.22. The van der Waals surface area contributed by atoms with Crippen LogP contribution < -0.4 is 5.73 Å². The van der Waals surface area contributed by atoms with Crippen molar-refractivity contribution in [1.82, 2.24) is 9.80 Å². The summed E-state index contributed by atoms with van der Waals surface area (Å²) in [5.41, 5.74) is 7.40. The van der Waals surface area contributed by atoms with Crippen LogP contribution in [0.25, 0.3) is 10.1 Å². The molecule has 3 rings (SSSR count). The monoisotopic (exact) mass is 289 g/mol. The molecule has 108 valence electrons. The van der Waals surface area contributed by atoms with Gasteiger partial charge in [-0.15, -0.1) is 11.3 Å². The Bertz CT molecular complexity index is 592. The van der Waals surface area contributed by atoms with Crippen LogP contribution in [-0.2, 0) is 13.1 Å². The molecule has 20 heavy (non-hydrogen) atoms. The highest BCUT2D eigenvalue weighted by Gasteiger charge is 2.22. The van der Waals surface area contributed by atoms with Gasteiger partial charge in [0.1, 0.15) is 0 Å². The summed E-state index contributed by atoms with van der Waals surface area (Å²) in [4.78, 5) is 6.35. The van der Waals surface area contributed by atoms with E-state index in [4.69, 9.17) is 5.73 Å². The third-order valence-electron chi connectivity index (χ3n) is 4.39. The summed E-state index contributed by atoms with van der Waals surface area (Å²) in [5.74, 6) is 0. The minimum atomic E-state index is 0.634. The fourth-order valence-corrected chi connectivity index (χ4v) is 4.07. The molecule has 0 radical (unpaired) electrons. The predicted molar refractivity (Wildman–Crippen MR) is 87.1 cm³/mol. The lowest BCUT2D eigenvalue weighted by Gasteiger charge is -2.37. The zero-order valence-corrected chi connectivity index (χ0v) is 13.1. The van der Waals surface area contributed by atoms with Gasteiger partial charge in [-0.3, -0.25) is 4.90 Å². The molecule has 0 aliphatic carbocycles. The number of hydrogen-bond donors (Lipinski definition) is 1. The number of nitrogens with zero attached hydrogens (tertiary/aromatic N) is 2. The number of hydrogen-bond acceptors (Lipinski definition) is 4. The SMILES string of the molecule is CC1CN(Cc2c(CN)sc3ccccc23)CCN1C. The molecule has 1 saturated heterocycles. The number of likely N-dealkylation sites (N-methyl/N-ethyl adjacent to an activating group) is 1. The number of benzene rings is 1. The second-order valence-corrected chi connectivity index (χ2v) is 6.91. The van der Waals surface area contributed by atoms with Gasteiger partial charge < -0.3 is 10.6 Å². The Morgan fingerprint density at radius 3 is 2.85 bits per heavy atom. The van der Waals surface area contributed by atoms with Crippen LogP contribution in [0.2, 0.25) is 0 Å². The summed E-state index contributed by atoms with van der Waals surface area (Å²) in [5, 5.41) is 1.39. The van der Waals surface area contributed by atoms with E-state index in [0.717, 1.165) is 26.2 Å². The molecule has 1 aromatic carbocycles. The van der Waals surface area contributed by atoms with E-state index in [1.807, 2.05) is 11.3 Å². The van der Waals surface area contributed by atoms with Crippen LogP contribution >= 0.6 is 11.3 Å². The first-order chi connectivity index (χ1) is 9.69. The topological polar surface area (TPSA) is 32.5 Å². The molecule has 2 aromatic rings. The molecule has 0 spiro atoms. The molecule has 2 N–H and O–H groups in total. The zero-order chi connectivity index (χ0) is 14.1. The van der Waals surface area contributed by atoms with Gasteiger partial charge in [0, 0.05) is 48.3 Å². The van der Waals surface area contributed by atoms with Crippen LogP contribution in [0.15, 0.2) is 24.3 Å². The van der Waals surface area contributed by atoms with Crippen molar-refractivity contribution in [1.29, 1.82) is 0 Å². The summed E-state index contributed by atoms with van der Waals surface area (Å²) in [6, 6.07) is 9.32. The van der Waals surface area contributed by atoms with E-state index in [9.17, 15) is 0 Å². The smallest absolute Gasteiger partial charge is 0.0349 e. The second kappa shape index (κ2) is 5.82. The molecule has 1 unspecified atom stereocenters. The van der Waals surface area contributed by atoms with Crippen molar-refractivity contribution in [2.75, 3.05) is 26.7 Å². The largest absolute Gasteiger partial charge is 0.326 e. The maximum absolute atomic E-state index is 5.95. The summed E-state index contributed by atoms with van der Waals surface area (Å²) in [6.45, 7) is 7.44. The highest BCUT2D eigenvalue weighted by molar-refractivity contribution is 7.19. The van der Waals surface area contributed by atoms with E-state index >= 15 is 0 Å². The molecule has 1 aliphatic rings. The van der Waals surface area contributed by atoms with Crippen LogP contribution in [0.1, 0.15) is 17.4 Å². The standard InChI is InChI=1S/C16H23N3S/c1-12-10-19(8-7-18(12)2)11-14-13-5-3-4-6-15(13)20-16(14)9-17/h3-6,12H,7-11,17H2,1-2H3. The molecule has 0 saturated carbocycles. The molecule has 1 aliphatic heterocycles. The molecule has 0 bridgehead atoms. The van der Waals surface area contributed by atoms with Gasteiger partial charge in [-0.1, -0.05) is 18.2 Å². The predicted octanol–water partition coefficient (Wildman–Crippen LogP) is 2.50. The number of thiophene rings is 1. The van der Waals surface area contributed by atoms with Crippen LogP contribution in [0.3, 0.4) is 0 Å². The molecule has 2 heterocycles. The van der Waals surface area contributed by atoms with E-state index in [-0.39, 0.29) is 0 Å². The zero-order valence-electron chi connectivity index (χ0n) is 12.3. The fraction of sp³-hybridized carbons (Fsp3) is 0.500. The summed E-state index contributed by atoms with van der Waals surface area (Å²) >= 11 is 1.85. The first kappa shape index (κ1) is 14.0. The third-order valence-corrected chi connectivity index (χ3v) is 5.63. The van der Waals surface area contributed by atoms with Crippen molar-refractivity contribution in [2.24, 2.45) is 5.73 Å². The maximum Gasteiger partial charge on any atom is 0.0349 e. The number of rotatable bonds is 3. The van der Waals surface area contributed by atoms with E-state index in [2.05, 4.69) is 48.0 Å². The minimum Gasteiger partial charge on any atom is -0.326 e. The molecule has 3 nitrogen and oxygen atoms in total. The van der Waals surface area contributed by atoms with Gasteiger partial charge in [0.25, 0.3) is 0 Å². The number of nitrogens with two attached hydrogens (primary N) is 1. The third kappa shape index (κ3) is 2.61. The molecular formula is C16H23N3S. The normalized spacial score (nSPS) is 21.6. The first-order valence-corrected chi connectivity index (χ1v) is 8.12. The lowest BCUT2D eigenvalue weighted by Crippen LogP contribution is -2.49. The van der Waals surface area contributed by atoms with E-state index in [1.54, 1.807) is 0 Å². The molecular weight excluding hydrogens is 266 g/mol. The van der Waals surface area contributed by atoms with Crippen molar-refractivity contribution in [3.8, 4) is 0 Å². The minimum absolute atomic E-state index is 0.634. The van der Waals surface area contributed by atoms with E-state index in [0.29, 0.717) is 12.6 Å². The first-order valence-electron chi connectivity index (χ1n) is 7.31. The van der Waals surface area contributed by atoms with E-state index in [1.165, 1.54) is 20.5 Å². The average molecular weight is 289 g/mol. The Kier molecular flexibility index (Phi) is 4.08. The Morgan fingerprint density at radius 1 is 1.30 bits per heavy atom. The van der Waals surface area contributed by atoms with Crippen molar-refractivity contribution < 1.29 is 0 Å². The van der Waals surface area contributed by atoms with Gasteiger partial charge >= 0.3 is 0 Å². The molecule has 1 atom stereocenters. The summed E-state index contributed by atoms with van der Waals surface area (Å²) in [6.07, 6.45) is 0. The maximum atomic E-state index is 5.95. The Labute approximate surface area is 125 Å².